The van der Waals surface area contributed by atoms with Crippen LogP contribution >= 0.6 is 0 Å². The third kappa shape index (κ3) is 10.6. The molecule has 0 fully saturated rings. The van der Waals surface area contributed by atoms with E-state index in [9.17, 15) is 0 Å². The van der Waals surface area contributed by atoms with Gasteiger partial charge in [0.05, 0.1) is 42.6 Å². The number of aromatic amines is 1. The Morgan fingerprint density at radius 3 is 2.04 bits per heavy atom. The molecule has 0 radical (unpaired) electrons. The molecule has 128 valence electrons. The lowest BCUT2D eigenvalue weighted by atomic mass is 10.2. The molecule has 0 aromatic carbocycles. The smallest absolute Gasteiger partial charge is 0.0922 e. The highest BCUT2D eigenvalue weighted by molar-refractivity contribution is 5.06. The Hall–Kier alpha value is -1.72. The molecule has 5 heteroatoms. The molecule has 0 aliphatic carbocycles. The molecule has 0 amide bonds. The van der Waals surface area contributed by atoms with Crippen LogP contribution in [0.15, 0.2) is 37.1 Å². The summed E-state index contributed by atoms with van der Waals surface area (Å²) in [5.74, 6) is 0. The summed E-state index contributed by atoms with van der Waals surface area (Å²) in [5, 5.41) is 0. The van der Waals surface area contributed by atoms with Crippen molar-refractivity contribution in [2.24, 2.45) is 0 Å². The quantitative estimate of drug-likeness (QED) is 0.921. The molecule has 2 aromatic rings. The number of H-pyrrole nitrogens is 1. The van der Waals surface area contributed by atoms with Crippen molar-refractivity contribution in [3.63, 3.8) is 0 Å². The molecule has 2 rings (SSSR count). The fourth-order valence-corrected chi connectivity index (χ4v) is 1.44. The van der Waals surface area contributed by atoms with E-state index in [2.05, 4.69) is 15.0 Å². The second-order valence-electron chi connectivity index (χ2n) is 7.24. The van der Waals surface area contributed by atoms with Crippen molar-refractivity contribution < 1.29 is 9.47 Å². The first kappa shape index (κ1) is 19.3. The summed E-state index contributed by atoms with van der Waals surface area (Å²) in [6, 6.07) is 3.93. The molecule has 0 bridgehead atoms. The summed E-state index contributed by atoms with van der Waals surface area (Å²) in [6.45, 7) is 13.5. The standard InChI is InChI=1S/C10H15NO.C8H14N2O/c1-10(2,3)12-8-9-5-4-6-11-7-9;1-8(2,3)11-5-7-4-9-6-10-7/h4-7H,8H2,1-3H3;4,6H,5H2,1-3H3,(H,9,10). The second-order valence-corrected chi connectivity index (χ2v) is 7.24. The average molecular weight is 319 g/mol. The largest absolute Gasteiger partial charge is 0.371 e. The number of hydrogen-bond donors (Lipinski definition) is 1. The lowest BCUT2D eigenvalue weighted by Gasteiger charge is -2.19. The van der Waals surface area contributed by atoms with Crippen molar-refractivity contribution in [1.29, 1.82) is 0 Å². The Morgan fingerprint density at radius 2 is 1.57 bits per heavy atom. The van der Waals surface area contributed by atoms with Crippen molar-refractivity contribution in [3.8, 4) is 0 Å². The van der Waals surface area contributed by atoms with E-state index >= 15 is 0 Å². The van der Waals surface area contributed by atoms with Gasteiger partial charge < -0.3 is 14.5 Å². The van der Waals surface area contributed by atoms with Gasteiger partial charge in [0.25, 0.3) is 0 Å². The second kappa shape index (κ2) is 8.79. The first-order valence-corrected chi connectivity index (χ1v) is 7.80. The van der Waals surface area contributed by atoms with Crippen LogP contribution in [0.4, 0.5) is 0 Å². The van der Waals surface area contributed by atoms with Gasteiger partial charge in [0.15, 0.2) is 0 Å². The van der Waals surface area contributed by atoms with Crippen molar-refractivity contribution in [2.75, 3.05) is 0 Å². The highest BCUT2D eigenvalue weighted by Crippen LogP contribution is 2.10. The van der Waals surface area contributed by atoms with Crippen LogP contribution in [0.1, 0.15) is 52.8 Å². The highest BCUT2D eigenvalue weighted by Gasteiger charge is 2.10. The predicted octanol–water partition coefficient (Wildman–Crippen LogP) is 4.12. The third-order valence-corrected chi connectivity index (χ3v) is 2.61. The molecule has 23 heavy (non-hydrogen) atoms. The Bertz CT molecular complexity index is 526. The van der Waals surface area contributed by atoms with Gasteiger partial charge >= 0.3 is 0 Å². The molecule has 2 heterocycles. The zero-order valence-electron chi connectivity index (χ0n) is 15.1. The fraction of sp³-hybridized carbons (Fsp3) is 0.556. The third-order valence-electron chi connectivity index (χ3n) is 2.61. The van der Waals surface area contributed by atoms with E-state index in [1.807, 2.05) is 59.9 Å². The monoisotopic (exact) mass is 319 g/mol. The van der Waals surface area contributed by atoms with Gasteiger partial charge in [0.2, 0.25) is 0 Å². The molecule has 0 aliphatic rings. The molecule has 0 aliphatic heterocycles. The minimum atomic E-state index is -0.0783. The minimum Gasteiger partial charge on any atom is -0.371 e. The number of pyridine rings is 1. The molecule has 0 saturated carbocycles. The van der Waals surface area contributed by atoms with Crippen LogP contribution in [0.3, 0.4) is 0 Å². The van der Waals surface area contributed by atoms with Crippen molar-refractivity contribution >= 4 is 0 Å². The summed E-state index contributed by atoms with van der Waals surface area (Å²) in [6.07, 6.45) is 7.01. The molecular weight excluding hydrogens is 290 g/mol. The number of ether oxygens (including phenoxy) is 2. The molecule has 0 spiro atoms. The first-order valence-electron chi connectivity index (χ1n) is 7.80. The Balaban J connectivity index is 0.000000231. The highest BCUT2D eigenvalue weighted by atomic mass is 16.5. The topological polar surface area (TPSA) is 60.0 Å². The van der Waals surface area contributed by atoms with Crippen LogP contribution in [0.2, 0.25) is 0 Å². The minimum absolute atomic E-state index is 0.0736. The maximum absolute atomic E-state index is 5.58. The van der Waals surface area contributed by atoms with Gasteiger partial charge in [-0.3, -0.25) is 4.98 Å². The van der Waals surface area contributed by atoms with Gasteiger partial charge in [-0.2, -0.15) is 0 Å². The van der Waals surface area contributed by atoms with Gasteiger partial charge in [0.1, 0.15) is 0 Å². The predicted molar refractivity (Wildman–Crippen MR) is 91.9 cm³/mol. The van der Waals surface area contributed by atoms with Crippen LogP contribution in [0, 0.1) is 0 Å². The summed E-state index contributed by atoms with van der Waals surface area (Å²) < 4.78 is 11.1. The normalized spacial score (nSPS) is 11.7. The van der Waals surface area contributed by atoms with Crippen molar-refractivity contribution in [2.45, 2.75) is 66.0 Å². The summed E-state index contributed by atoms with van der Waals surface area (Å²) in [5.41, 5.74) is 1.98. The summed E-state index contributed by atoms with van der Waals surface area (Å²) >= 11 is 0. The molecule has 0 atom stereocenters. The fourth-order valence-electron chi connectivity index (χ4n) is 1.44. The molecular formula is C18H29N3O2. The van der Waals surface area contributed by atoms with Crippen LogP contribution < -0.4 is 0 Å². The van der Waals surface area contributed by atoms with E-state index < -0.39 is 0 Å². The molecule has 5 nitrogen and oxygen atoms in total. The van der Waals surface area contributed by atoms with E-state index in [1.165, 1.54) is 0 Å². The average Bonchev–Trinajstić information content (AvgIpc) is 2.97. The Kier molecular flexibility index (Phi) is 7.39. The number of nitrogens with zero attached hydrogens (tertiary/aromatic N) is 2. The van der Waals surface area contributed by atoms with Gasteiger partial charge in [-0.1, -0.05) is 6.07 Å². The van der Waals surface area contributed by atoms with Gasteiger partial charge in [-0.05, 0) is 53.2 Å². The number of rotatable bonds is 4. The lowest BCUT2D eigenvalue weighted by Crippen LogP contribution is -2.18. The first-order chi connectivity index (χ1) is 10.7. The van der Waals surface area contributed by atoms with Crippen LogP contribution in [-0.2, 0) is 22.7 Å². The number of imidazole rings is 1. The number of aromatic nitrogens is 3. The maximum Gasteiger partial charge on any atom is 0.0922 e. The Morgan fingerprint density at radius 1 is 0.913 bits per heavy atom. The molecule has 0 saturated heterocycles. The van der Waals surface area contributed by atoms with Crippen LogP contribution in [-0.4, -0.2) is 26.2 Å². The molecule has 2 aromatic heterocycles. The zero-order valence-corrected chi connectivity index (χ0v) is 15.1. The van der Waals surface area contributed by atoms with E-state index in [-0.39, 0.29) is 11.2 Å². The molecule has 1 N–H and O–H groups in total. The lowest BCUT2D eigenvalue weighted by molar-refractivity contribution is -0.0164. The van der Waals surface area contributed by atoms with Gasteiger partial charge in [-0.25, -0.2) is 4.98 Å². The summed E-state index contributed by atoms with van der Waals surface area (Å²) in [7, 11) is 0. The number of nitrogens with one attached hydrogen (secondary N) is 1. The SMILES string of the molecule is CC(C)(C)OCc1cccnc1.CC(C)(C)OCc1cnc[nH]1. The van der Waals surface area contributed by atoms with Crippen LogP contribution in [0.5, 0.6) is 0 Å². The van der Waals surface area contributed by atoms with E-state index in [1.54, 1.807) is 18.7 Å². The van der Waals surface area contributed by atoms with E-state index in [0.29, 0.717) is 13.2 Å². The van der Waals surface area contributed by atoms with Gasteiger partial charge in [-0.15, -0.1) is 0 Å². The van der Waals surface area contributed by atoms with Crippen molar-refractivity contribution in [1.82, 2.24) is 15.0 Å². The zero-order chi connectivity index (χ0) is 17.3. The molecule has 0 unspecified atom stereocenters. The summed E-state index contributed by atoms with van der Waals surface area (Å²) in [4.78, 5) is 10.9. The van der Waals surface area contributed by atoms with Crippen molar-refractivity contribution in [3.05, 3.63) is 48.3 Å². The van der Waals surface area contributed by atoms with E-state index in [4.69, 9.17) is 9.47 Å². The van der Waals surface area contributed by atoms with Crippen LogP contribution in [0.25, 0.3) is 0 Å². The maximum atomic E-state index is 5.58. The van der Waals surface area contributed by atoms with E-state index in [0.717, 1.165) is 11.3 Å². The Labute approximate surface area is 139 Å². The number of hydrogen-bond acceptors (Lipinski definition) is 4. The van der Waals surface area contributed by atoms with Gasteiger partial charge in [0, 0.05) is 12.4 Å².